The molecule has 0 radical (unpaired) electrons. The van der Waals surface area contributed by atoms with Crippen LogP contribution in [-0.4, -0.2) is 16.3 Å². The predicted octanol–water partition coefficient (Wildman–Crippen LogP) is 1.32. The van der Waals surface area contributed by atoms with Crippen molar-refractivity contribution in [2.75, 3.05) is 0 Å². The molecule has 5 heteroatoms. The van der Waals surface area contributed by atoms with Crippen molar-refractivity contribution in [3.63, 3.8) is 0 Å². The van der Waals surface area contributed by atoms with Crippen LogP contribution < -0.4 is 5.32 Å². The second-order valence-electron chi connectivity index (χ2n) is 3.21. The molecule has 0 aromatic carbocycles. The van der Waals surface area contributed by atoms with Gasteiger partial charge >= 0.3 is 0 Å². The summed E-state index contributed by atoms with van der Waals surface area (Å²) in [6, 6.07) is 2.07. The molecule has 0 fully saturated rings. The highest BCUT2D eigenvalue weighted by molar-refractivity contribution is 8.16. The molecule has 2 heterocycles. The number of nitrogens with one attached hydrogen (secondary N) is 1. The van der Waals surface area contributed by atoms with Crippen molar-refractivity contribution in [3.05, 3.63) is 35.7 Å². The summed E-state index contributed by atoms with van der Waals surface area (Å²) >= 11 is 1.39. The third-order valence-electron chi connectivity index (χ3n) is 2.39. The van der Waals surface area contributed by atoms with E-state index in [1.807, 2.05) is 24.4 Å². The van der Waals surface area contributed by atoms with Crippen LogP contribution in [0.4, 0.5) is 0 Å². The Kier molecular flexibility index (Phi) is 1.61. The molecule has 0 amide bonds. The number of allylic oxidation sites excluding steroid dienone is 2. The van der Waals surface area contributed by atoms with Gasteiger partial charge in [0.05, 0.1) is 12.0 Å². The zero-order chi connectivity index (χ0) is 10.3. The Balaban J connectivity index is 2.17. The lowest BCUT2D eigenvalue weighted by Gasteiger charge is -2.29. The van der Waals surface area contributed by atoms with Crippen LogP contribution in [0.5, 0.6) is 0 Å². The van der Waals surface area contributed by atoms with Crippen molar-refractivity contribution in [2.45, 2.75) is 4.87 Å². The maximum atomic E-state index is 8.86. The fourth-order valence-corrected chi connectivity index (χ4v) is 2.77. The van der Waals surface area contributed by atoms with E-state index in [1.54, 1.807) is 6.34 Å². The number of thioether (sulfide) groups is 1. The van der Waals surface area contributed by atoms with Crippen LogP contribution in [-0.2, 0) is 0 Å². The summed E-state index contributed by atoms with van der Waals surface area (Å²) in [5.41, 5.74) is 1.86. The molecule has 4 nitrogen and oxygen atoms in total. The zero-order valence-corrected chi connectivity index (χ0v) is 8.45. The third kappa shape index (κ3) is 1.02. The summed E-state index contributed by atoms with van der Waals surface area (Å²) < 4.78 is 0. The average Bonchev–Trinajstić information content (AvgIpc) is 2.65. The molecule has 1 aliphatic carbocycles. The van der Waals surface area contributed by atoms with Gasteiger partial charge in [-0.3, -0.25) is 0 Å². The second-order valence-corrected chi connectivity index (χ2v) is 4.39. The van der Waals surface area contributed by atoms with Crippen molar-refractivity contribution >= 4 is 23.1 Å². The normalized spacial score (nSPS) is 30.5. The van der Waals surface area contributed by atoms with Gasteiger partial charge in [-0.2, -0.15) is 5.26 Å². The van der Waals surface area contributed by atoms with Crippen LogP contribution in [0.25, 0.3) is 0 Å². The Hall–Kier alpha value is -1.80. The highest BCUT2D eigenvalue weighted by atomic mass is 32.2. The van der Waals surface area contributed by atoms with Gasteiger partial charge in [0.15, 0.2) is 9.91 Å². The van der Waals surface area contributed by atoms with E-state index in [0.29, 0.717) is 5.04 Å². The molecule has 1 atom stereocenters. The van der Waals surface area contributed by atoms with Crippen LogP contribution in [0.2, 0.25) is 0 Å². The number of aliphatic imine (C=N–C) groups is 2. The fourth-order valence-electron chi connectivity index (χ4n) is 1.73. The lowest BCUT2D eigenvalue weighted by Crippen LogP contribution is -2.31. The van der Waals surface area contributed by atoms with Crippen LogP contribution >= 0.6 is 11.8 Å². The average molecular weight is 214 g/mol. The van der Waals surface area contributed by atoms with Crippen molar-refractivity contribution < 1.29 is 0 Å². The summed E-state index contributed by atoms with van der Waals surface area (Å²) in [4.78, 5) is 8.16. The zero-order valence-electron chi connectivity index (χ0n) is 7.64. The van der Waals surface area contributed by atoms with Gasteiger partial charge in [0, 0.05) is 11.8 Å². The fraction of sp³-hybridized carbons (Fsp3) is 0.100. The minimum atomic E-state index is -0.509. The van der Waals surface area contributed by atoms with Crippen LogP contribution in [0.1, 0.15) is 0 Å². The quantitative estimate of drug-likeness (QED) is 0.661. The Morgan fingerprint density at radius 2 is 2.47 bits per heavy atom. The minimum absolute atomic E-state index is 0.468. The summed E-state index contributed by atoms with van der Waals surface area (Å²) in [6.07, 6.45) is 9.33. The van der Waals surface area contributed by atoms with Gasteiger partial charge in [0.2, 0.25) is 0 Å². The molecular weight excluding hydrogens is 208 g/mol. The van der Waals surface area contributed by atoms with E-state index < -0.39 is 4.87 Å². The Morgan fingerprint density at radius 3 is 3.33 bits per heavy atom. The van der Waals surface area contributed by atoms with Gasteiger partial charge in [-0.05, 0) is 6.08 Å². The maximum Gasteiger partial charge on any atom is 0.182 e. The molecular formula is C10H6N4S. The Labute approximate surface area is 90.8 Å². The topological polar surface area (TPSA) is 60.5 Å². The number of hydrogen-bond donors (Lipinski definition) is 1. The van der Waals surface area contributed by atoms with E-state index in [1.165, 1.54) is 11.8 Å². The van der Waals surface area contributed by atoms with Gasteiger partial charge in [0.25, 0.3) is 0 Å². The first kappa shape index (κ1) is 8.50. The number of nitrogens with zero attached hydrogens (tertiary/aromatic N) is 3. The monoisotopic (exact) mass is 214 g/mol. The number of nitriles is 1. The van der Waals surface area contributed by atoms with E-state index >= 15 is 0 Å². The minimum Gasteiger partial charge on any atom is -0.353 e. The SMILES string of the molecule is N#CC1=NC2=CC=CC3=CNC=NC32S1. The number of hydrogen-bond acceptors (Lipinski definition) is 5. The lowest BCUT2D eigenvalue weighted by molar-refractivity contribution is 0.811. The maximum absolute atomic E-state index is 8.86. The summed E-state index contributed by atoms with van der Waals surface area (Å²) in [5, 5.41) is 12.3. The van der Waals surface area contributed by atoms with Gasteiger partial charge < -0.3 is 5.32 Å². The molecule has 72 valence electrons. The molecule has 3 aliphatic rings. The van der Waals surface area contributed by atoms with E-state index in [9.17, 15) is 0 Å². The first-order valence-electron chi connectivity index (χ1n) is 4.42. The van der Waals surface area contributed by atoms with Crippen molar-refractivity contribution in [3.8, 4) is 6.07 Å². The molecule has 0 saturated carbocycles. The highest BCUT2D eigenvalue weighted by Crippen LogP contribution is 2.49. The molecule has 1 unspecified atom stereocenters. The van der Waals surface area contributed by atoms with E-state index in [0.717, 1.165) is 11.3 Å². The first-order chi connectivity index (χ1) is 7.35. The molecule has 0 aromatic rings. The smallest absolute Gasteiger partial charge is 0.182 e. The van der Waals surface area contributed by atoms with Crippen molar-refractivity contribution in [1.29, 1.82) is 5.26 Å². The molecule has 1 N–H and O–H groups in total. The standard InChI is InChI=1S/C10H6N4S/c11-4-9-14-8-3-1-2-7-5-12-6-13-10(7,8)15-9/h1-3,5-6H,(H,12,13). The summed E-state index contributed by atoms with van der Waals surface area (Å²) in [6.45, 7) is 0. The van der Waals surface area contributed by atoms with Gasteiger partial charge in [-0.15, -0.1) is 0 Å². The van der Waals surface area contributed by atoms with E-state index in [-0.39, 0.29) is 0 Å². The van der Waals surface area contributed by atoms with Gasteiger partial charge in [0.1, 0.15) is 6.07 Å². The number of rotatable bonds is 0. The van der Waals surface area contributed by atoms with Crippen molar-refractivity contribution in [1.82, 2.24) is 5.32 Å². The summed E-state index contributed by atoms with van der Waals surface area (Å²) in [5.74, 6) is 0. The lowest BCUT2D eigenvalue weighted by atomic mass is 9.99. The molecule has 0 bridgehead atoms. The first-order valence-corrected chi connectivity index (χ1v) is 5.24. The van der Waals surface area contributed by atoms with E-state index in [4.69, 9.17) is 5.26 Å². The predicted molar refractivity (Wildman–Crippen MR) is 60.3 cm³/mol. The molecule has 1 spiro atoms. The van der Waals surface area contributed by atoms with Crippen LogP contribution in [0, 0.1) is 11.3 Å². The summed E-state index contributed by atoms with van der Waals surface area (Å²) in [7, 11) is 0. The highest BCUT2D eigenvalue weighted by Gasteiger charge is 2.45. The molecule has 15 heavy (non-hydrogen) atoms. The van der Waals surface area contributed by atoms with Crippen LogP contribution in [0.15, 0.2) is 45.7 Å². The molecule has 3 rings (SSSR count). The second kappa shape index (κ2) is 2.84. The molecule has 2 aliphatic heterocycles. The molecule has 0 saturated heterocycles. The largest absolute Gasteiger partial charge is 0.353 e. The third-order valence-corrected chi connectivity index (χ3v) is 3.61. The van der Waals surface area contributed by atoms with E-state index in [2.05, 4.69) is 21.4 Å². The Bertz CT molecular complexity index is 518. The van der Waals surface area contributed by atoms with Gasteiger partial charge in [-0.25, -0.2) is 9.98 Å². The van der Waals surface area contributed by atoms with Crippen molar-refractivity contribution in [2.24, 2.45) is 9.98 Å². The van der Waals surface area contributed by atoms with Gasteiger partial charge in [-0.1, -0.05) is 23.9 Å². The van der Waals surface area contributed by atoms with Crippen LogP contribution in [0.3, 0.4) is 0 Å². The molecule has 0 aromatic heterocycles. The Morgan fingerprint density at radius 1 is 1.53 bits per heavy atom.